The van der Waals surface area contributed by atoms with Gasteiger partial charge < -0.3 is 9.47 Å². The molecule has 3 nitrogen and oxygen atoms in total. The van der Waals surface area contributed by atoms with E-state index >= 15 is 0 Å². The zero-order valence-electron chi connectivity index (χ0n) is 9.19. The summed E-state index contributed by atoms with van der Waals surface area (Å²) in [4.78, 5) is 3.34. The number of methoxy groups -OCH3 is 1. The number of ether oxygens (including phenoxy) is 2. The van der Waals surface area contributed by atoms with E-state index in [1.54, 1.807) is 0 Å². The molecule has 0 saturated carbocycles. The van der Waals surface area contributed by atoms with Crippen molar-refractivity contribution in [1.29, 1.82) is 0 Å². The summed E-state index contributed by atoms with van der Waals surface area (Å²) in [7, 11) is 0.861. The van der Waals surface area contributed by atoms with E-state index < -0.39 is 35.5 Å². The predicted octanol–water partition coefficient (Wildman–Crippen LogP) is 3.75. The van der Waals surface area contributed by atoms with Crippen molar-refractivity contribution in [2.45, 2.75) is 18.4 Å². The Morgan fingerprint density at radius 1 is 1.21 bits per heavy atom. The number of alkyl halides is 7. The monoisotopic (exact) mass is 309 g/mol. The molecule has 0 spiro atoms. The van der Waals surface area contributed by atoms with E-state index in [-0.39, 0.29) is 5.69 Å². The SMILES string of the molecule is COc1c(CCl)ncc(OC(F)(F)F)c1C(F)(F)F. The summed E-state index contributed by atoms with van der Waals surface area (Å²) in [5, 5.41) is 0. The Labute approximate surface area is 108 Å². The summed E-state index contributed by atoms with van der Waals surface area (Å²) in [6, 6.07) is 0. The number of hydrogen-bond donors (Lipinski definition) is 0. The summed E-state index contributed by atoms with van der Waals surface area (Å²) >= 11 is 5.35. The zero-order chi connectivity index (χ0) is 14.8. The lowest BCUT2D eigenvalue weighted by atomic mass is 10.2. The first-order valence-electron chi connectivity index (χ1n) is 4.55. The van der Waals surface area contributed by atoms with Crippen molar-refractivity contribution in [2.75, 3.05) is 7.11 Å². The smallest absolute Gasteiger partial charge is 0.494 e. The molecule has 0 fully saturated rings. The second kappa shape index (κ2) is 5.32. The van der Waals surface area contributed by atoms with E-state index in [4.69, 9.17) is 11.6 Å². The van der Waals surface area contributed by atoms with Crippen LogP contribution >= 0.6 is 11.6 Å². The lowest BCUT2D eigenvalue weighted by Gasteiger charge is -2.18. The number of rotatable bonds is 3. The summed E-state index contributed by atoms with van der Waals surface area (Å²) < 4.78 is 82.2. The molecule has 0 aliphatic rings. The molecule has 1 heterocycles. The summed E-state index contributed by atoms with van der Waals surface area (Å²) in [6.45, 7) is 0. The Hall–Kier alpha value is -1.38. The predicted molar refractivity (Wildman–Crippen MR) is 52.0 cm³/mol. The summed E-state index contributed by atoms with van der Waals surface area (Å²) in [6.07, 6.45) is -10.1. The molecule has 19 heavy (non-hydrogen) atoms. The largest absolute Gasteiger partial charge is 0.573 e. The Balaban J connectivity index is 3.48. The molecule has 10 heteroatoms. The fourth-order valence-electron chi connectivity index (χ4n) is 1.30. The molecule has 0 aromatic carbocycles. The second-order valence-electron chi connectivity index (χ2n) is 3.16. The van der Waals surface area contributed by atoms with E-state index in [0.29, 0.717) is 6.20 Å². The van der Waals surface area contributed by atoms with E-state index in [1.165, 1.54) is 0 Å². The minimum absolute atomic E-state index is 0.302. The number of pyridine rings is 1. The molecule has 1 aromatic rings. The van der Waals surface area contributed by atoms with Gasteiger partial charge in [-0.1, -0.05) is 0 Å². The molecular weight excluding hydrogens is 304 g/mol. The number of halogens is 7. The molecule has 0 atom stereocenters. The van der Waals surface area contributed by atoms with Gasteiger partial charge in [-0.05, 0) is 0 Å². The lowest BCUT2D eigenvalue weighted by molar-refractivity contribution is -0.276. The minimum Gasteiger partial charge on any atom is -0.494 e. The molecule has 0 aliphatic carbocycles. The number of nitrogens with zero attached hydrogens (tertiary/aromatic N) is 1. The number of aromatic nitrogens is 1. The normalized spacial score (nSPS) is 12.4. The van der Waals surface area contributed by atoms with E-state index in [1.807, 2.05) is 0 Å². The van der Waals surface area contributed by atoms with E-state index in [0.717, 1.165) is 7.11 Å². The Morgan fingerprint density at radius 3 is 2.16 bits per heavy atom. The van der Waals surface area contributed by atoms with Gasteiger partial charge in [-0.25, -0.2) is 0 Å². The molecule has 0 N–H and O–H groups in total. The molecule has 1 rings (SSSR count). The molecule has 108 valence electrons. The zero-order valence-corrected chi connectivity index (χ0v) is 9.95. The van der Waals surface area contributed by atoms with Gasteiger partial charge in [0, 0.05) is 0 Å². The first kappa shape index (κ1) is 15.7. The highest BCUT2D eigenvalue weighted by molar-refractivity contribution is 6.17. The van der Waals surface area contributed by atoms with Crippen LogP contribution in [0.25, 0.3) is 0 Å². The quantitative estimate of drug-likeness (QED) is 0.629. The van der Waals surface area contributed by atoms with Gasteiger partial charge in [-0.3, -0.25) is 4.98 Å². The maximum atomic E-state index is 12.8. The molecule has 0 saturated heterocycles. The molecule has 0 unspecified atom stereocenters. The van der Waals surface area contributed by atoms with Crippen LogP contribution in [0.15, 0.2) is 6.20 Å². The van der Waals surface area contributed by atoms with Gasteiger partial charge in [-0.15, -0.1) is 24.8 Å². The minimum atomic E-state index is -5.28. The topological polar surface area (TPSA) is 31.4 Å². The van der Waals surface area contributed by atoms with Gasteiger partial charge in [-0.2, -0.15) is 13.2 Å². The fourth-order valence-corrected chi connectivity index (χ4v) is 1.49. The van der Waals surface area contributed by atoms with Crippen LogP contribution in [0.5, 0.6) is 11.5 Å². The van der Waals surface area contributed by atoms with Gasteiger partial charge in [0.2, 0.25) is 0 Å². The van der Waals surface area contributed by atoms with E-state index in [2.05, 4.69) is 14.5 Å². The van der Waals surface area contributed by atoms with Crippen LogP contribution in [-0.4, -0.2) is 18.5 Å². The highest BCUT2D eigenvalue weighted by Gasteiger charge is 2.43. The van der Waals surface area contributed by atoms with Crippen LogP contribution < -0.4 is 9.47 Å². The first-order chi connectivity index (χ1) is 8.60. The Morgan fingerprint density at radius 2 is 1.79 bits per heavy atom. The van der Waals surface area contributed by atoms with Crippen molar-refractivity contribution >= 4 is 11.6 Å². The van der Waals surface area contributed by atoms with E-state index in [9.17, 15) is 26.3 Å². The molecule has 0 aliphatic heterocycles. The maximum absolute atomic E-state index is 12.8. The third kappa shape index (κ3) is 3.79. The molecule has 0 amide bonds. The Kier molecular flexibility index (Phi) is 4.39. The van der Waals surface area contributed by atoms with Crippen molar-refractivity contribution in [3.63, 3.8) is 0 Å². The average molecular weight is 310 g/mol. The standard InChI is InChI=1S/C9H6ClF6NO2/c1-18-7-4(2-10)17-3-5(19-9(14,15)16)6(7)8(11,12)13/h3H,2H2,1H3. The third-order valence-electron chi connectivity index (χ3n) is 1.91. The van der Waals surface area contributed by atoms with Gasteiger partial charge in [0.25, 0.3) is 0 Å². The van der Waals surface area contributed by atoms with Crippen molar-refractivity contribution in [3.8, 4) is 11.5 Å². The Bertz CT molecular complexity index is 459. The highest BCUT2D eigenvalue weighted by atomic mass is 35.5. The van der Waals surface area contributed by atoms with Crippen LogP contribution in [0.2, 0.25) is 0 Å². The van der Waals surface area contributed by atoms with Gasteiger partial charge in [0.05, 0.1) is 24.9 Å². The van der Waals surface area contributed by atoms with Crippen molar-refractivity contribution in [2.24, 2.45) is 0 Å². The van der Waals surface area contributed by atoms with Gasteiger partial charge in [0.1, 0.15) is 5.56 Å². The first-order valence-corrected chi connectivity index (χ1v) is 5.08. The van der Waals surface area contributed by atoms with Crippen molar-refractivity contribution in [1.82, 2.24) is 4.98 Å². The lowest BCUT2D eigenvalue weighted by Crippen LogP contribution is -2.21. The second-order valence-corrected chi connectivity index (χ2v) is 3.42. The molecule has 0 bridgehead atoms. The summed E-state index contributed by atoms with van der Waals surface area (Å²) in [5.74, 6) is -2.85. The third-order valence-corrected chi connectivity index (χ3v) is 2.17. The van der Waals surface area contributed by atoms with Crippen LogP contribution in [0.3, 0.4) is 0 Å². The molecule has 0 radical (unpaired) electrons. The van der Waals surface area contributed by atoms with Crippen molar-refractivity contribution in [3.05, 3.63) is 17.5 Å². The fraction of sp³-hybridized carbons (Fsp3) is 0.444. The van der Waals surface area contributed by atoms with Gasteiger partial charge in [0.15, 0.2) is 11.5 Å². The van der Waals surface area contributed by atoms with Crippen LogP contribution in [0.4, 0.5) is 26.3 Å². The summed E-state index contributed by atoms with van der Waals surface area (Å²) in [5.41, 5.74) is -2.05. The van der Waals surface area contributed by atoms with Gasteiger partial charge >= 0.3 is 12.5 Å². The molecule has 1 aromatic heterocycles. The average Bonchev–Trinajstić information content (AvgIpc) is 2.24. The van der Waals surface area contributed by atoms with Crippen molar-refractivity contribution < 1.29 is 35.8 Å². The molecular formula is C9H6ClF6NO2. The highest BCUT2D eigenvalue weighted by Crippen LogP contribution is 2.45. The van der Waals surface area contributed by atoms with Crippen LogP contribution in [0.1, 0.15) is 11.3 Å². The maximum Gasteiger partial charge on any atom is 0.573 e. The van der Waals surface area contributed by atoms with Crippen LogP contribution in [-0.2, 0) is 12.1 Å². The number of hydrogen-bond acceptors (Lipinski definition) is 3. The van der Waals surface area contributed by atoms with Crippen LogP contribution in [0, 0.1) is 0 Å².